The monoisotopic (exact) mass is 339 g/mol. The van der Waals surface area contributed by atoms with Gasteiger partial charge in [-0.1, -0.05) is 56.3 Å². The van der Waals surface area contributed by atoms with Crippen LogP contribution in [0.15, 0.2) is 54.6 Å². The van der Waals surface area contributed by atoms with E-state index in [1.54, 1.807) is 6.92 Å². The molecule has 2 aromatic rings. The second kappa shape index (κ2) is 9.02. The molecule has 2 rings (SSSR count). The first-order valence-corrected chi connectivity index (χ1v) is 8.70. The van der Waals surface area contributed by atoms with Gasteiger partial charge in [-0.05, 0) is 43.0 Å². The maximum Gasteiger partial charge on any atom is 0.314 e. The Balaban J connectivity index is 1.96. The fourth-order valence-corrected chi connectivity index (χ4v) is 2.60. The number of aryl methyl sites for hydroxylation is 1. The van der Waals surface area contributed by atoms with Crippen molar-refractivity contribution in [3.63, 3.8) is 0 Å². The predicted molar refractivity (Wildman–Crippen MR) is 99.5 cm³/mol. The number of nitrogens with one attached hydrogen (secondary N) is 1. The lowest BCUT2D eigenvalue weighted by Crippen LogP contribution is -2.31. The minimum atomic E-state index is -0.851. The van der Waals surface area contributed by atoms with E-state index in [0.29, 0.717) is 12.1 Å². The summed E-state index contributed by atoms with van der Waals surface area (Å²) >= 11 is 0. The molecule has 0 heterocycles. The van der Waals surface area contributed by atoms with Gasteiger partial charge in [0.15, 0.2) is 6.10 Å². The minimum Gasteiger partial charge on any atom is -0.452 e. The highest BCUT2D eigenvalue weighted by molar-refractivity contribution is 5.95. The Morgan fingerprint density at radius 1 is 1.00 bits per heavy atom. The summed E-state index contributed by atoms with van der Waals surface area (Å²) in [6.45, 7) is 5.59. The number of carbonyl (C=O) groups is 2. The minimum absolute atomic E-state index is 0.333. The van der Waals surface area contributed by atoms with Gasteiger partial charge in [0.25, 0.3) is 5.91 Å². The van der Waals surface area contributed by atoms with Gasteiger partial charge in [-0.2, -0.15) is 0 Å². The summed E-state index contributed by atoms with van der Waals surface area (Å²) < 4.78 is 5.39. The molecule has 2 aromatic carbocycles. The molecule has 0 saturated carbocycles. The molecular formula is C21H25NO3. The van der Waals surface area contributed by atoms with E-state index in [0.717, 1.165) is 12.0 Å². The molecule has 0 aliphatic carbocycles. The van der Waals surface area contributed by atoms with E-state index in [1.165, 1.54) is 5.56 Å². The molecule has 0 aliphatic rings. The highest BCUT2D eigenvalue weighted by Gasteiger charge is 2.25. The standard InChI is InChI=1S/C21H25NO3/c1-4-16-11-13-18(14-12-16)22-20(23)15(3)25-21(24)19(5-2)17-9-7-6-8-10-17/h6-15,19H,4-5H2,1-3H3,(H,22,23)/t15-,19-/m0/s1. The SMILES string of the molecule is CCc1ccc(NC(=O)[C@H](C)OC(=O)[C@@H](CC)c2ccccc2)cc1. The summed E-state index contributed by atoms with van der Waals surface area (Å²) in [5, 5.41) is 2.78. The van der Waals surface area contributed by atoms with Crippen LogP contribution in [0.3, 0.4) is 0 Å². The van der Waals surface area contributed by atoms with Crippen LogP contribution in [0.5, 0.6) is 0 Å². The van der Waals surface area contributed by atoms with Crippen LogP contribution in [-0.2, 0) is 20.7 Å². The van der Waals surface area contributed by atoms with Crippen molar-refractivity contribution in [1.29, 1.82) is 0 Å². The van der Waals surface area contributed by atoms with Crippen LogP contribution in [0.4, 0.5) is 5.69 Å². The zero-order chi connectivity index (χ0) is 18.2. The first-order chi connectivity index (χ1) is 12.0. The van der Waals surface area contributed by atoms with Crippen molar-refractivity contribution in [2.24, 2.45) is 0 Å². The lowest BCUT2D eigenvalue weighted by Gasteiger charge is -2.18. The summed E-state index contributed by atoms with van der Waals surface area (Å²) in [5.41, 5.74) is 2.80. The zero-order valence-electron chi connectivity index (χ0n) is 15.0. The molecule has 132 valence electrons. The van der Waals surface area contributed by atoms with Gasteiger partial charge in [-0.15, -0.1) is 0 Å². The number of rotatable bonds is 7. The average Bonchev–Trinajstić information content (AvgIpc) is 2.63. The molecule has 25 heavy (non-hydrogen) atoms. The van der Waals surface area contributed by atoms with E-state index in [2.05, 4.69) is 12.2 Å². The second-order valence-corrected chi connectivity index (χ2v) is 5.99. The first-order valence-electron chi connectivity index (χ1n) is 8.70. The second-order valence-electron chi connectivity index (χ2n) is 5.99. The molecule has 0 unspecified atom stereocenters. The smallest absolute Gasteiger partial charge is 0.314 e. The van der Waals surface area contributed by atoms with Gasteiger partial charge >= 0.3 is 5.97 Å². The van der Waals surface area contributed by atoms with E-state index in [9.17, 15) is 9.59 Å². The molecule has 0 saturated heterocycles. The van der Waals surface area contributed by atoms with Gasteiger partial charge in [0.2, 0.25) is 0 Å². The summed E-state index contributed by atoms with van der Waals surface area (Å²) in [6.07, 6.45) is 0.714. The van der Waals surface area contributed by atoms with Gasteiger partial charge in [0.1, 0.15) is 0 Å². The van der Waals surface area contributed by atoms with E-state index in [1.807, 2.05) is 61.5 Å². The Bertz CT molecular complexity index is 695. The van der Waals surface area contributed by atoms with Gasteiger partial charge < -0.3 is 10.1 Å². The van der Waals surface area contributed by atoms with E-state index >= 15 is 0 Å². The number of hydrogen-bond donors (Lipinski definition) is 1. The number of anilines is 1. The average molecular weight is 339 g/mol. The number of benzene rings is 2. The summed E-state index contributed by atoms with van der Waals surface area (Å²) in [5.74, 6) is -1.07. The molecule has 0 radical (unpaired) electrons. The number of ether oxygens (including phenoxy) is 1. The third kappa shape index (κ3) is 5.18. The van der Waals surface area contributed by atoms with Crippen LogP contribution in [0.25, 0.3) is 0 Å². The highest BCUT2D eigenvalue weighted by atomic mass is 16.5. The van der Waals surface area contributed by atoms with Crippen LogP contribution in [0, 0.1) is 0 Å². The number of hydrogen-bond acceptors (Lipinski definition) is 3. The normalized spacial score (nSPS) is 12.9. The van der Waals surface area contributed by atoms with Crippen molar-refractivity contribution in [2.75, 3.05) is 5.32 Å². The van der Waals surface area contributed by atoms with Crippen LogP contribution >= 0.6 is 0 Å². The van der Waals surface area contributed by atoms with Crippen LogP contribution in [0.1, 0.15) is 44.2 Å². The summed E-state index contributed by atoms with van der Waals surface area (Å²) in [6, 6.07) is 17.1. The molecule has 4 nitrogen and oxygen atoms in total. The van der Waals surface area contributed by atoms with Gasteiger partial charge in [-0.25, -0.2) is 0 Å². The Hall–Kier alpha value is -2.62. The lowest BCUT2D eigenvalue weighted by molar-refractivity contribution is -0.154. The Morgan fingerprint density at radius 3 is 2.20 bits per heavy atom. The molecule has 0 aliphatic heterocycles. The predicted octanol–water partition coefficient (Wildman–Crippen LogP) is 4.31. The van der Waals surface area contributed by atoms with Crippen molar-refractivity contribution in [2.45, 2.75) is 45.6 Å². The quantitative estimate of drug-likeness (QED) is 0.765. The Kier molecular flexibility index (Phi) is 6.75. The fourth-order valence-electron chi connectivity index (χ4n) is 2.60. The molecule has 4 heteroatoms. The van der Waals surface area contributed by atoms with Crippen molar-refractivity contribution in [3.8, 4) is 0 Å². The third-order valence-electron chi connectivity index (χ3n) is 4.19. The summed E-state index contributed by atoms with van der Waals surface area (Å²) in [7, 11) is 0. The maximum absolute atomic E-state index is 12.4. The summed E-state index contributed by atoms with van der Waals surface area (Å²) in [4.78, 5) is 24.7. The van der Waals surface area contributed by atoms with Crippen LogP contribution in [0.2, 0.25) is 0 Å². The van der Waals surface area contributed by atoms with Crippen molar-refractivity contribution >= 4 is 17.6 Å². The molecule has 0 aromatic heterocycles. The van der Waals surface area contributed by atoms with Crippen molar-refractivity contribution < 1.29 is 14.3 Å². The Morgan fingerprint density at radius 2 is 1.64 bits per heavy atom. The number of carbonyl (C=O) groups excluding carboxylic acids is 2. The van der Waals surface area contributed by atoms with Crippen molar-refractivity contribution in [3.05, 3.63) is 65.7 Å². The zero-order valence-corrected chi connectivity index (χ0v) is 15.0. The van der Waals surface area contributed by atoms with Crippen LogP contribution < -0.4 is 5.32 Å². The van der Waals surface area contributed by atoms with Crippen LogP contribution in [-0.4, -0.2) is 18.0 Å². The molecular weight excluding hydrogens is 314 g/mol. The van der Waals surface area contributed by atoms with Crippen molar-refractivity contribution in [1.82, 2.24) is 0 Å². The molecule has 0 bridgehead atoms. The maximum atomic E-state index is 12.4. The molecule has 0 spiro atoms. The topological polar surface area (TPSA) is 55.4 Å². The molecule has 1 amide bonds. The van der Waals surface area contributed by atoms with Gasteiger partial charge in [-0.3, -0.25) is 9.59 Å². The van der Waals surface area contributed by atoms with E-state index < -0.39 is 6.10 Å². The largest absolute Gasteiger partial charge is 0.452 e. The highest BCUT2D eigenvalue weighted by Crippen LogP contribution is 2.21. The third-order valence-corrected chi connectivity index (χ3v) is 4.19. The fraction of sp³-hybridized carbons (Fsp3) is 0.333. The lowest BCUT2D eigenvalue weighted by atomic mass is 9.97. The number of esters is 1. The van der Waals surface area contributed by atoms with Gasteiger partial charge in [0, 0.05) is 5.69 Å². The van der Waals surface area contributed by atoms with Gasteiger partial charge in [0.05, 0.1) is 5.92 Å². The first kappa shape index (κ1) is 18.7. The molecule has 1 N–H and O–H groups in total. The number of amides is 1. The van der Waals surface area contributed by atoms with E-state index in [4.69, 9.17) is 4.74 Å². The molecule has 2 atom stereocenters. The molecule has 0 fully saturated rings. The van der Waals surface area contributed by atoms with E-state index in [-0.39, 0.29) is 17.8 Å². The Labute approximate surface area is 149 Å².